The highest BCUT2D eigenvalue weighted by molar-refractivity contribution is 5.67. The standard InChI is InChI=1S/C15H17N5O/c1-11-14(8-15-16-4-5-19(15)18-11)12-9-17-20(10-12)13-2-6-21-7-3-13/h4-5,8-10,13H,2-3,6-7H2,1H3. The second kappa shape index (κ2) is 4.96. The van der Waals surface area contributed by atoms with Crippen molar-refractivity contribution in [3.63, 3.8) is 0 Å². The second-order valence-electron chi connectivity index (χ2n) is 5.43. The number of aryl methyl sites for hydroxylation is 1. The van der Waals surface area contributed by atoms with Gasteiger partial charge in [0.1, 0.15) is 0 Å². The quantitative estimate of drug-likeness (QED) is 0.724. The molecule has 3 aromatic heterocycles. The third-order valence-corrected chi connectivity index (χ3v) is 4.05. The van der Waals surface area contributed by atoms with Crippen molar-refractivity contribution in [1.82, 2.24) is 24.4 Å². The Hall–Kier alpha value is -2.21. The number of ether oxygens (including phenoxy) is 1. The summed E-state index contributed by atoms with van der Waals surface area (Å²) in [7, 11) is 0. The molecule has 6 nitrogen and oxygen atoms in total. The van der Waals surface area contributed by atoms with Crippen LogP contribution < -0.4 is 0 Å². The zero-order valence-corrected chi connectivity index (χ0v) is 11.9. The monoisotopic (exact) mass is 283 g/mol. The summed E-state index contributed by atoms with van der Waals surface area (Å²) in [5.41, 5.74) is 4.02. The maximum absolute atomic E-state index is 5.41. The van der Waals surface area contributed by atoms with Crippen molar-refractivity contribution in [2.45, 2.75) is 25.8 Å². The zero-order valence-electron chi connectivity index (χ0n) is 11.9. The highest BCUT2D eigenvalue weighted by Gasteiger charge is 2.17. The fourth-order valence-electron chi connectivity index (χ4n) is 2.86. The molecule has 4 rings (SSSR count). The molecule has 0 atom stereocenters. The summed E-state index contributed by atoms with van der Waals surface area (Å²) < 4.78 is 9.26. The van der Waals surface area contributed by atoms with E-state index in [0.717, 1.165) is 48.5 Å². The molecule has 0 radical (unpaired) electrons. The predicted molar refractivity (Wildman–Crippen MR) is 78.0 cm³/mol. The summed E-state index contributed by atoms with van der Waals surface area (Å²) in [6.07, 6.45) is 9.70. The third kappa shape index (κ3) is 2.21. The predicted octanol–water partition coefficient (Wildman–Crippen LogP) is 2.25. The van der Waals surface area contributed by atoms with E-state index >= 15 is 0 Å². The van der Waals surface area contributed by atoms with Crippen LogP contribution in [0.1, 0.15) is 24.6 Å². The van der Waals surface area contributed by atoms with Crippen molar-refractivity contribution in [3.8, 4) is 11.1 Å². The van der Waals surface area contributed by atoms with Gasteiger partial charge in [0.25, 0.3) is 0 Å². The van der Waals surface area contributed by atoms with Crippen molar-refractivity contribution < 1.29 is 4.74 Å². The normalized spacial score (nSPS) is 16.6. The molecule has 1 fully saturated rings. The van der Waals surface area contributed by atoms with Gasteiger partial charge in [-0.15, -0.1) is 0 Å². The van der Waals surface area contributed by atoms with E-state index in [1.165, 1.54) is 0 Å². The van der Waals surface area contributed by atoms with Gasteiger partial charge in [0.15, 0.2) is 5.65 Å². The minimum Gasteiger partial charge on any atom is -0.381 e. The molecule has 0 amide bonds. The first-order valence-corrected chi connectivity index (χ1v) is 7.24. The Bertz CT molecular complexity index is 769. The SMILES string of the molecule is Cc1nn2ccnc2cc1-c1cnn(C2CCOCC2)c1. The van der Waals surface area contributed by atoms with Crippen LogP contribution in [0.15, 0.2) is 30.9 Å². The molecular weight excluding hydrogens is 266 g/mol. The molecule has 6 heteroatoms. The van der Waals surface area contributed by atoms with Gasteiger partial charge < -0.3 is 4.74 Å². The molecular formula is C15H17N5O. The number of nitrogens with zero attached hydrogens (tertiary/aromatic N) is 5. The third-order valence-electron chi connectivity index (χ3n) is 4.05. The lowest BCUT2D eigenvalue weighted by Gasteiger charge is -2.22. The molecule has 0 bridgehead atoms. The van der Waals surface area contributed by atoms with Crippen LogP contribution in [0.5, 0.6) is 0 Å². The van der Waals surface area contributed by atoms with E-state index in [-0.39, 0.29) is 0 Å². The average Bonchev–Trinajstić information content (AvgIpc) is 3.15. The van der Waals surface area contributed by atoms with Crippen molar-refractivity contribution in [3.05, 3.63) is 36.5 Å². The van der Waals surface area contributed by atoms with Crippen LogP contribution in [0.3, 0.4) is 0 Å². The van der Waals surface area contributed by atoms with E-state index in [4.69, 9.17) is 4.74 Å². The van der Waals surface area contributed by atoms with E-state index in [9.17, 15) is 0 Å². The van der Waals surface area contributed by atoms with Crippen LogP contribution in [0.4, 0.5) is 0 Å². The Labute approximate surface area is 122 Å². The van der Waals surface area contributed by atoms with Crippen molar-refractivity contribution in [2.24, 2.45) is 0 Å². The molecule has 0 aromatic carbocycles. The van der Waals surface area contributed by atoms with Gasteiger partial charge in [-0.3, -0.25) is 4.68 Å². The Morgan fingerprint density at radius 3 is 3.00 bits per heavy atom. The van der Waals surface area contributed by atoms with E-state index in [2.05, 4.69) is 32.1 Å². The fourth-order valence-corrected chi connectivity index (χ4v) is 2.86. The van der Waals surface area contributed by atoms with Crippen LogP contribution in [0, 0.1) is 6.92 Å². The van der Waals surface area contributed by atoms with E-state index in [0.29, 0.717) is 6.04 Å². The van der Waals surface area contributed by atoms with E-state index in [1.54, 1.807) is 10.7 Å². The van der Waals surface area contributed by atoms with Crippen molar-refractivity contribution in [1.29, 1.82) is 0 Å². The Balaban J connectivity index is 1.71. The molecule has 1 aliphatic rings. The lowest BCUT2D eigenvalue weighted by atomic mass is 10.1. The molecule has 1 aliphatic heterocycles. The highest BCUT2D eigenvalue weighted by atomic mass is 16.5. The first-order valence-electron chi connectivity index (χ1n) is 7.24. The lowest BCUT2D eigenvalue weighted by Crippen LogP contribution is -2.19. The molecule has 4 heterocycles. The maximum atomic E-state index is 5.41. The molecule has 0 aliphatic carbocycles. The van der Waals surface area contributed by atoms with Crippen LogP contribution in [-0.2, 0) is 4.74 Å². The first-order chi connectivity index (χ1) is 10.3. The minimum atomic E-state index is 0.441. The van der Waals surface area contributed by atoms with Crippen molar-refractivity contribution >= 4 is 5.65 Å². The molecule has 0 spiro atoms. The Morgan fingerprint density at radius 2 is 2.14 bits per heavy atom. The van der Waals surface area contributed by atoms with Gasteiger partial charge in [-0.2, -0.15) is 10.2 Å². The Kier molecular flexibility index (Phi) is 2.96. The number of aromatic nitrogens is 5. The van der Waals surface area contributed by atoms with Gasteiger partial charge in [-0.1, -0.05) is 0 Å². The smallest absolute Gasteiger partial charge is 0.154 e. The summed E-state index contributed by atoms with van der Waals surface area (Å²) in [5, 5.41) is 9.06. The van der Waals surface area contributed by atoms with Gasteiger partial charge in [0.05, 0.1) is 17.9 Å². The van der Waals surface area contributed by atoms with Crippen LogP contribution in [0.25, 0.3) is 16.8 Å². The molecule has 21 heavy (non-hydrogen) atoms. The topological polar surface area (TPSA) is 57.2 Å². The zero-order chi connectivity index (χ0) is 14.2. The first kappa shape index (κ1) is 12.5. The summed E-state index contributed by atoms with van der Waals surface area (Å²) in [6.45, 7) is 3.65. The number of hydrogen-bond acceptors (Lipinski definition) is 4. The molecule has 0 N–H and O–H groups in total. The van der Waals surface area contributed by atoms with Crippen LogP contribution in [-0.4, -0.2) is 37.6 Å². The molecule has 1 saturated heterocycles. The molecule has 0 unspecified atom stereocenters. The molecule has 108 valence electrons. The summed E-state index contributed by atoms with van der Waals surface area (Å²) in [6, 6.07) is 2.50. The number of rotatable bonds is 2. The number of hydrogen-bond donors (Lipinski definition) is 0. The molecule has 3 aromatic rings. The maximum Gasteiger partial charge on any atom is 0.154 e. The van der Waals surface area contributed by atoms with Gasteiger partial charge in [-0.05, 0) is 25.8 Å². The van der Waals surface area contributed by atoms with Gasteiger partial charge in [-0.25, -0.2) is 9.50 Å². The number of imidazole rings is 1. The van der Waals surface area contributed by atoms with Crippen LogP contribution in [0.2, 0.25) is 0 Å². The highest BCUT2D eigenvalue weighted by Crippen LogP contribution is 2.26. The lowest BCUT2D eigenvalue weighted by molar-refractivity contribution is 0.0662. The van der Waals surface area contributed by atoms with Gasteiger partial charge >= 0.3 is 0 Å². The van der Waals surface area contributed by atoms with Gasteiger partial charge in [0.2, 0.25) is 0 Å². The van der Waals surface area contributed by atoms with E-state index in [1.807, 2.05) is 19.3 Å². The van der Waals surface area contributed by atoms with Crippen LogP contribution >= 0.6 is 0 Å². The van der Waals surface area contributed by atoms with E-state index < -0.39 is 0 Å². The summed E-state index contributed by atoms with van der Waals surface area (Å²) in [4.78, 5) is 4.30. The minimum absolute atomic E-state index is 0.441. The fraction of sp³-hybridized carbons (Fsp3) is 0.400. The second-order valence-corrected chi connectivity index (χ2v) is 5.43. The Morgan fingerprint density at radius 1 is 1.29 bits per heavy atom. The summed E-state index contributed by atoms with van der Waals surface area (Å²) >= 11 is 0. The largest absolute Gasteiger partial charge is 0.381 e. The number of fused-ring (bicyclic) bond motifs is 1. The summed E-state index contributed by atoms with van der Waals surface area (Å²) in [5.74, 6) is 0. The molecule has 0 saturated carbocycles. The van der Waals surface area contributed by atoms with Gasteiger partial charge in [0, 0.05) is 42.9 Å². The van der Waals surface area contributed by atoms with Crippen molar-refractivity contribution in [2.75, 3.05) is 13.2 Å². The average molecular weight is 283 g/mol.